The SMILES string of the molecule is CN1CC=Cc2ccc3c(c21)NC1C=CC=CC1=C3c1ccc2cc3cc(-c4ccc(N(c5ccc(N(c6ccccc6)c6ccccc6)cc5)c5ccc6ccccc6c5)cc4)ccc3cc2c1. The number of fused-ring (bicyclic) bond motifs is 7. The molecule has 2 heterocycles. The van der Waals surface area contributed by atoms with Crippen molar-refractivity contribution >= 4 is 89.5 Å². The molecule has 4 nitrogen and oxygen atoms in total. The minimum atomic E-state index is 0.119. The maximum absolute atomic E-state index is 3.91. The molecule has 1 N–H and O–H groups in total. The van der Waals surface area contributed by atoms with Crippen molar-refractivity contribution < 1.29 is 0 Å². The van der Waals surface area contributed by atoms with E-state index < -0.39 is 0 Å². The van der Waals surface area contributed by atoms with Gasteiger partial charge in [0.15, 0.2) is 0 Å². The predicted octanol–water partition coefficient (Wildman–Crippen LogP) is 16.9. The lowest BCUT2D eigenvalue weighted by molar-refractivity contribution is 0.986. The third-order valence-electron chi connectivity index (χ3n) is 14.1. The fraction of sp³-hybridized carbons (Fsp3) is 0.0462. The fourth-order valence-electron chi connectivity index (χ4n) is 10.7. The number of para-hydroxylation sites is 2. The first-order valence-electron chi connectivity index (χ1n) is 23.9. The molecule has 13 rings (SSSR count). The van der Waals surface area contributed by atoms with Gasteiger partial charge in [0.2, 0.25) is 0 Å². The number of nitrogens with zero attached hydrogens (tertiary/aromatic N) is 3. The summed E-state index contributed by atoms with van der Waals surface area (Å²) < 4.78 is 0. The Morgan fingerprint density at radius 3 is 1.67 bits per heavy atom. The van der Waals surface area contributed by atoms with Gasteiger partial charge in [0.25, 0.3) is 0 Å². The Labute approximate surface area is 403 Å². The zero-order chi connectivity index (χ0) is 45.8. The molecule has 1 unspecified atom stereocenters. The smallest absolute Gasteiger partial charge is 0.0708 e. The van der Waals surface area contributed by atoms with Crippen molar-refractivity contribution in [3.63, 3.8) is 0 Å². The van der Waals surface area contributed by atoms with Crippen LogP contribution in [-0.2, 0) is 0 Å². The fourth-order valence-corrected chi connectivity index (χ4v) is 10.7. The van der Waals surface area contributed by atoms with Crippen LogP contribution in [0.3, 0.4) is 0 Å². The second-order valence-corrected chi connectivity index (χ2v) is 18.3. The van der Waals surface area contributed by atoms with Crippen LogP contribution in [0.5, 0.6) is 0 Å². The molecule has 0 amide bonds. The summed E-state index contributed by atoms with van der Waals surface area (Å²) in [5, 5.41) is 11.3. The van der Waals surface area contributed by atoms with Gasteiger partial charge in [0.05, 0.1) is 17.4 Å². The second-order valence-electron chi connectivity index (χ2n) is 18.3. The van der Waals surface area contributed by atoms with E-state index in [2.05, 4.69) is 276 Å². The van der Waals surface area contributed by atoms with Gasteiger partial charge in [-0.05, 0) is 163 Å². The third-order valence-corrected chi connectivity index (χ3v) is 14.1. The van der Waals surface area contributed by atoms with E-state index in [0.717, 1.165) is 40.7 Å². The lowest BCUT2D eigenvalue weighted by Gasteiger charge is -2.36. The maximum Gasteiger partial charge on any atom is 0.0708 e. The van der Waals surface area contributed by atoms with E-state index in [1.165, 1.54) is 82.7 Å². The zero-order valence-corrected chi connectivity index (χ0v) is 38.3. The molecule has 0 spiro atoms. The summed E-state index contributed by atoms with van der Waals surface area (Å²) in [6.07, 6.45) is 13.4. The Morgan fingerprint density at radius 2 is 0.971 bits per heavy atom. The van der Waals surface area contributed by atoms with Crippen LogP contribution in [0, 0.1) is 0 Å². The molecular formula is C65H48N4. The molecule has 0 aromatic heterocycles. The highest BCUT2D eigenvalue weighted by Crippen LogP contribution is 2.47. The standard InChI is InChI=1S/C65H48N4/c1-67-38-12-15-46-29-37-61-63(60-20-10-11-21-62(60)66-64(61)65(46)67)51-25-24-50-40-52-39-48(22-23-49(52)41-53(50)42-51)45-26-30-56(31-27-45)69(59-32-28-44-13-8-9-14-47(44)43-59)58-35-33-57(34-36-58)68(54-16-4-2-5-17-54)55-18-6-3-7-19-55/h2-37,39-43,62,66H,38H2,1H3. The summed E-state index contributed by atoms with van der Waals surface area (Å²) in [5.74, 6) is 0. The van der Waals surface area contributed by atoms with E-state index in [9.17, 15) is 0 Å². The summed E-state index contributed by atoms with van der Waals surface area (Å²) in [7, 11) is 2.19. The van der Waals surface area contributed by atoms with Crippen molar-refractivity contribution in [1.82, 2.24) is 0 Å². The van der Waals surface area contributed by atoms with Crippen LogP contribution in [0.15, 0.2) is 248 Å². The highest BCUT2D eigenvalue weighted by Gasteiger charge is 2.30. The van der Waals surface area contributed by atoms with Crippen molar-refractivity contribution in [2.45, 2.75) is 6.04 Å². The molecule has 0 radical (unpaired) electrons. The molecule has 69 heavy (non-hydrogen) atoms. The summed E-state index contributed by atoms with van der Waals surface area (Å²) in [5.41, 5.74) is 17.8. The number of likely N-dealkylation sites (N-methyl/N-ethyl adjacent to an activating group) is 1. The lowest BCUT2D eigenvalue weighted by Crippen LogP contribution is -2.29. The Bertz CT molecular complexity index is 3690. The average molecular weight is 885 g/mol. The van der Waals surface area contributed by atoms with Crippen molar-refractivity contribution in [2.24, 2.45) is 0 Å². The quantitative estimate of drug-likeness (QED) is 0.153. The molecule has 0 fully saturated rings. The molecule has 1 atom stereocenters. The summed E-state index contributed by atoms with van der Waals surface area (Å²) in [6, 6.07) is 77.7. The van der Waals surface area contributed by atoms with Crippen LogP contribution >= 0.6 is 0 Å². The Balaban J connectivity index is 0.838. The van der Waals surface area contributed by atoms with Crippen molar-refractivity contribution in [3.05, 3.63) is 265 Å². The van der Waals surface area contributed by atoms with Crippen LogP contribution < -0.4 is 20.0 Å². The first kappa shape index (κ1) is 40.4. The second kappa shape index (κ2) is 16.8. The van der Waals surface area contributed by atoms with Crippen LogP contribution in [-0.4, -0.2) is 19.6 Å². The van der Waals surface area contributed by atoms with Gasteiger partial charge in [-0.1, -0.05) is 152 Å². The van der Waals surface area contributed by atoms with Crippen LogP contribution in [0.25, 0.3) is 55.1 Å². The minimum absolute atomic E-state index is 0.119. The van der Waals surface area contributed by atoms with E-state index in [1.54, 1.807) is 0 Å². The molecule has 328 valence electrons. The van der Waals surface area contributed by atoms with Gasteiger partial charge < -0.3 is 20.0 Å². The lowest BCUT2D eigenvalue weighted by atomic mass is 9.82. The summed E-state index contributed by atoms with van der Waals surface area (Å²) in [4.78, 5) is 7.02. The number of hydrogen-bond donors (Lipinski definition) is 1. The number of rotatable bonds is 8. The van der Waals surface area contributed by atoms with Crippen LogP contribution in [0.1, 0.15) is 16.7 Å². The predicted molar refractivity (Wildman–Crippen MR) is 294 cm³/mol. The highest BCUT2D eigenvalue weighted by molar-refractivity contribution is 6.04. The van der Waals surface area contributed by atoms with Gasteiger partial charge >= 0.3 is 0 Å². The molecule has 1 aliphatic carbocycles. The van der Waals surface area contributed by atoms with E-state index in [-0.39, 0.29) is 6.04 Å². The van der Waals surface area contributed by atoms with Crippen LogP contribution in [0.2, 0.25) is 0 Å². The molecule has 3 aliphatic rings. The molecule has 10 aromatic rings. The highest BCUT2D eigenvalue weighted by atomic mass is 15.2. The van der Waals surface area contributed by atoms with Crippen molar-refractivity contribution in [2.75, 3.05) is 33.6 Å². The van der Waals surface area contributed by atoms with Gasteiger partial charge in [0, 0.05) is 53.3 Å². The van der Waals surface area contributed by atoms with Gasteiger partial charge in [-0.2, -0.15) is 0 Å². The first-order valence-corrected chi connectivity index (χ1v) is 23.9. The van der Waals surface area contributed by atoms with E-state index in [4.69, 9.17) is 0 Å². The number of hydrogen-bond acceptors (Lipinski definition) is 4. The summed E-state index contributed by atoms with van der Waals surface area (Å²) >= 11 is 0. The molecule has 10 aromatic carbocycles. The molecule has 0 bridgehead atoms. The number of nitrogens with one attached hydrogen (secondary N) is 1. The molecular weight excluding hydrogens is 837 g/mol. The molecule has 0 saturated carbocycles. The normalized spacial score (nSPS) is 14.7. The third kappa shape index (κ3) is 7.26. The Morgan fingerprint density at radius 1 is 0.435 bits per heavy atom. The van der Waals surface area contributed by atoms with Crippen molar-refractivity contribution in [3.8, 4) is 11.1 Å². The largest absolute Gasteiger partial charge is 0.373 e. The average Bonchev–Trinajstić information content (AvgIpc) is 3.40. The number of anilines is 8. The molecule has 4 heteroatoms. The van der Waals surface area contributed by atoms with E-state index >= 15 is 0 Å². The van der Waals surface area contributed by atoms with Gasteiger partial charge in [-0.3, -0.25) is 0 Å². The summed E-state index contributed by atoms with van der Waals surface area (Å²) in [6.45, 7) is 0.901. The number of benzene rings is 10. The Hall–Kier alpha value is -8.86. The van der Waals surface area contributed by atoms with Gasteiger partial charge in [0.1, 0.15) is 0 Å². The van der Waals surface area contributed by atoms with Gasteiger partial charge in [-0.15, -0.1) is 0 Å². The Kier molecular flexibility index (Phi) is 9.83. The minimum Gasteiger partial charge on any atom is -0.373 e. The monoisotopic (exact) mass is 884 g/mol. The van der Waals surface area contributed by atoms with E-state index in [0.29, 0.717) is 0 Å². The van der Waals surface area contributed by atoms with Crippen molar-refractivity contribution in [1.29, 1.82) is 0 Å². The number of allylic oxidation sites excluding steroid dienone is 2. The first-order chi connectivity index (χ1) is 34.1. The molecule has 2 aliphatic heterocycles. The van der Waals surface area contributed by atoms with Crippen LogP contribution in [0.4, 0.5) is 45.5 Å². The molecule has 0 saturated heterocycles. The maximum atomic E-state index is 3.91. The van der Waals surface area contributed by atoms with Gasteiger partial charge in [-0.25, -0.2) is 0 Å². The van der Waals surface area contributed by atoms with E-state index in [1.807, 2.05) is 0 Å². The zero-order valence-electron chi connectivity index (χ0n) is 38.3. The topological polar surface area (TPSA) is 21.8 Å².